The van der Waals surface area contributed by atoms with Gasteiger partial charge < -0.3 is 14.1 Å². The van der Waals surface area contributed by atoms with Crippen LogP contribution < -0.4 is 4.74 Å². The lowest BCUT2D eigenvalue weighted by Gasteiger charge is -2.34. The first kappa shape index (κ1) is 27.5. The van der Waals surface area contributed by atoms with Crippen LogP contribution in [0.3, 0.4) is 0 Å². The zero-order chi connectivity index (χ0) is 28.1. The van der Waals surface area contributed by atoms with Crippen molar-refractivity contribution < 1.29 is 27.1 Å². The number of hydrogen-bond donors (Lipinski definition) is 0. The average molecular weight is 550 g/mol. The van der Waals surface area contributed by atoms with Crippen LogP contribution in [0.25, 0.3) is 11.5 Å². The van der Waals surface area contributed by atoms with Crippen molar-refractivity contribution in [3.05, 3.63) is 107 Å². The van der Waals surface area contributed by atoms with Gasteiger partial charge in [0, 0.05) is 50.3 Å². The molecule has 0 N–H and O–H groups in total. The van der Waals surface area contributed by atoms with Crippen LogP contribution in [-0.2, 0) is 19.1 Å². The molecule has 0 atom stereocenters. The van der Waals surface area contributed by atoms with E-state index >= 15 is 0 Å². The molecule has 1 saturated heterocycles. The fraction of sp³-hybridized carbons (Fsp3) is 0.290. The number of alkyl halides is 3. The third-order valence-electron chi connectivity index (χ3n) is 6.97. The summed E-state index contributed by atoms with van der Waals surface area (Å²) in [7, 11) is 0. The van der Waals surface area contributed by atoms with E-state index in [1.165, 1.54) is 12.1 Å². The monoisotopic (exact) mass is 549 g/mol. The first-order chi connectivity index (χ1) is 19.3. The lowest BCUT2D eigenvalue weighted by atomic mass is 10.1. The Morgan fingerprint density at radius 1 is 0.925 bits per heavy atom. The SMILES string of the molecule is Cc1oc(-c2ccccc2)nc1CCOc1ccc(C(=O)N2CCN(Cc3ccc(C(F)(F)F)cc3)CC2)cc1. The highest BCUT2D eigenvalue weighted by atomic mass is 19.4. The minimum atomic E-state index is -4.33. The van der Waals surface area contributed by atoms with Crippen LogP contribution in [0, 0.1) is 6.92 Å². The number of nitrogens with zero attached hydrogens (tertiary/aromatic N) is 3. The van der Waals surface area contributed by atoms with Crippen LogP contribution in [0.4, 0.5) is 13.2 Å². The second-order valence-corrected chi connectivity index (χ2v) is 9.77. The van der Waals surface area contributed by atoms with Crippen LogP contribution in [-0.4, -0.2) is 53.5 Å². The number of hydrogen-bond acceptors (Lipinski definition) is 5. The number of ether oxygens (including phenoxy) is 1. The lowest BCUT2D eigenvalue weighted by Crippen LogP contribution is -2.48. The van der Waals surface area contributed by atoms with Crippen molar-refractivity contribution in [2.24, 2.45) is 0 Å². The van der Waals surface area contributed by atoms with Gasteiger partial charge >= 0.3 is 6.18 Å². The number of benzene rings is 3. The second-order valence-electron chi connectivity index (χ2n) is 9.77. The summed E-state index contributed by atoms with van der Waals surface area (Å²) in [4.78, 5) is 21.5. The van der Waals surface area contributed by atoms with Crippen LogP contribution >= 0.6 is 0 Å². The van der Waals surface area contributed by atoms with E-state index in [1.54, 1.807) is 29.2 Å². The van der Waals surface area contributed by atoms with Gasteiger partial charge in [0.15, 0.2) is 0 Å². The zero-order valence-electron chi connectivity index (χ0n) is 22.2. The normalized spacial score (nSPS) is 14.3. The Morgan fingerprint density at radius 2 is 1.60 bits per heavy atom. The summed E-state index contributed by atoms with van der Waals surface area (Å²) < 4.78 is 50.0. The lowest BCUT2D eigenvalue weighted by molar-refractivity contribution is -0.137. The summed E-state index contributed by atoms with van der Waals surface area (Å²) in [5.74, 6) is 1.98. The van der Waals surface area contributed by atoms with E-state index in [-0.39, 0.29) is 5.91 Å². The number of aromatic nitrogens is 1. The molecule has 1 aliphatic rings. The number of carbonyl (C=O) groups excluding carboxylic acids is 1. The van der Waals surface area contributed by atoms with Gasteiger partial charge in [-0.2, -0.15) is 13.2 Å². The summed E-state index contributed by atoms with van der Waals surface area (Å²) in [6.45, 7) is 5.29. The highest BCUT2D eigenvalue weighted by Crippen LogP contribution is 2.29. The number of aryl methyl sites for hydroxylation is 1. The standard InChI is InChI=1S/C31H30F3N3O3/c1-22-28(35-29(40-22)24-5-3-2-4-6-24)15-20-39-27-13-9-25(10-14-27)30(38)37-18-16-36(17-19-37)21-23-7-11-26(12-8-23)31(32,33)34/h2-14H,15-21H2,1H3. The quantitative estimate of drug-likeness (QED) is 0.260. The Bertz CT molecular complexity index is 1410. The maximum absolute atomic E-state index is 13.0. The van der Waals surface area contributed by atoms with Gasteiger partial charge in [0.1, 0.15) is 11.5 Å². The maximum atomic E-state index is 13.0. The molecule has 0 radical (unpaired) electrons. The van der Waals surface area contributed by atoms with Crippen molar-refractivity contribution in [3.63, 3.8) is 0 Å². The number of piperazine rings is 1. The molecule has 1 aliphatic heterocycles. The van der Waals surface area contributed by atoms with E-state index in [0.29, 0.717) is 63.0 Å². The van der Waals surface area contributed by atoms with Gasteiger partial charge in [-0.3, -0.25) is 9.69 Å². The third kappa shape index (κ3) is 6.71. The molecular formula is C31H30F3N3O3. The fourth-order valence-corrected chi connectivity index (χ4v) is 4.67. The average Bonchev–Trinajstić information content (AvgIpc) is 3.34. The molecule has 1 aromatic heterocycles. The number of oxazole rings is 1. The van der Waals surface area contributed by atoms with Crippen molar-refractivity contribution in [3.8, 4) is 17.2 Å². The molecule has 40 heavy (non-hydrogen) atoms. The van der Waals surface area contributed by atoms with E-state index in [0.717, 1.165) is 34.7 Å². The molecule has 1 fully saturated rings. The Labute approximate surface area is 231 Å². The summed E-state index contributed by atoms with van der Waals surface area (Å²) in [6.07, 6.45) is -3.74. The highest BCUT2D eigenvalue weighted by molar-refractivity contribution is 5.94. The molecule has 0 aliphatic carbocycles. The molecule has 0 saturated carbocycles. The summed E-state index contributed by atoms with van der Waals surface area (Å²) in [5, 5.41) is 0. The van der Waals surface area contributed by atoms with Crippen LogP contribution in [0.15, 0.2) is 83.3 Å². The van der Waals surface area contributed by atoms with E-state index < -0.39 is 11.7 Å². The summed E-state index contributed by atoms with van der Waals surface area (Å²) in [5.41, 5.74) is 2.54. The number of rotatable bonds is 8. The van der Waals surface area contributed by atoms with Gasteiger partial charge in [0.05, 0.1) is 17.9 Å². The summed E-state index contributed by atoms with van der Waals surface area (Å²) >= 11 is 0. The molecule has 0 bridgehead atoms. The molecule has 6 nitrogen and oxygen atoms in total. The Morgan fingerprint density at radius 3 is 2.25 bits per heavy atom. The van der Waals surface area contributed by atoms with Gasteiger partial charge in [-0.15, -0.1) is 0 Å². The second kappa shape index (κ2) is 12.0. The third-order valence-corrected chi connectivity index (χ3v) is 6.97. The minimum absolute atomic E-state index is 0.0487. The van der Waals surface area contributed by atoms with E-state index in [1.807, 2.05) is 37.3 Å². The Kier molecular flexibility index (Phi) is 8.21. The van der Waals surface area contributed by atoms with E-state index in [9.17, 15) is 18.0 Å². The van der Waals surface area contributed by atoms with E-state index in [2.05, 4.69) is 9.88 Å². The largest absolute Gasteiger partial charge is 0.493 e. The van der Waals surface area contributed by atoms with Crippen molar-refractivity contribution in [2.45, 2.75) is 26.1 Å². The minimum Gasteiger partial charge on any atom is -0.493 e. The molecule has 4 aromatic rings. The van der Waals surface area contributed by atoms with Crippen molar-refractivity contribution in [2.75, 3.05) is 32.8 Å². The first-order valence-corrected chi connectivity index (χ1v) is 13.2. The molecule has 1 amide bonds. The van der Waals surface area contributed by atoms with Gasteiger partial charge in [-0.1, -0.05) is 30.3 Å². The number of halogens is 3. The molecule has 9 heteroatoms. The van der Waals surface area contributed by atoms with Crippen LogP contribution in [0.2, 0.25) is 0 Å². The van der Waals surface area contributed by atoms with Gasteiger partial charge in [0.2, 0.25) is 5.89 Å². The molecule has 5 rings (SSSR count). The van der Waals surface area contributed by atoms with Crippen molar-refractivity contribution in [1.29, 1.82) is 0 Å². The van der Waals surface area contributed by atoms with Crippen molar-refractivity contribution in [1.82, 2.24) is 14.8 Å². The highest BCUT2D eigenvalue weighted by Gasteiger charge is 2.30. The van der Waals surface area contributed by atoms with Crippen molar-refractivity contribution >= 4 is 5.91 Å². The number of amides is 1. The maximum Gasteiger partial charge on any atom is 0.416 e. The van der Waals surface area contributed by atoms with Gasteiger partial charge in [-0.25, -0.2) is 4.98 Å². The van der Waals surface area contributed by atoms with Gasteiger partial charge in [-0.05, 0) is 61.0 Å². The Balaban J connectivity index is 1.07. The number of carbonyl (C=O) groups is 1. The first-order valence-electron chi connectivity index (χ1n) is 13.2. The molecular weight excluding hydrogens is 519 g/mol. The molecule has 0 spiro atoms. The van der Waals surface area contributed by atoms with E-state index in [4.69, 9.17) is 9.15 Å². The fourth-order valence-electron chi connectivity index (χ4n) is 4.67. The van der Waals surface area contributed by atoms with Crippen LogP contribution in [0.5, 0.6) is 5.75 Å². The predicted molar refractivity (Wildman–Crippen MR) is 145 cm³/mol. The molecule has 208 valence electrons. The Hall–Kier alpha value is -4.11. The topological polar surface area (TPSA) is 58.8 Å². The van der Waals surface area contributed by atoms with Crippen LogP contribution in [0.1, 0.15) is 32.9 Å². The zero-order valence-corrected chi connectivity index (χ0v) is 22.2. The molecule has 3 aromatic carbocycles. The molecule has 2 heterocycles. The predicted octanol–water partition coefficient (Wildman–Crippen LogP) is 6.25. The molecule has 0 unspecified atom stereocenters. The van der Waals surface area contributed by atoms with Gasteiger partial charge in [0.25, 0.3) is 5.91 Å². The smallest absolute Gasteiger partial charge is 0.416 e. The summed E-state index contributed by atoms with van der Waals surface area (Å²) in [6, 6.07) is 22.1.